The topological polar surface area (TPSA) is 58.1 Å². The van der Waals surface area contributed by atoms with Gasteiger partial charge in [-0.1, -0.05) is 6.92 Å². The molecule has 1 aromatic rings. The van der Waals surface area contributed by atoms with Gasteiger partial charge < -0.3 is 10.2 Å². The highest BCUT2D eigenvalue weighted by atomic mass is 16.2. The minimum absolute atomic E-state index is 0.135. The second kappa shape index (κ2) is 5.29. The minimum atomic E-state index is -0.135. The number of amides is 1. The Morgan fingerprint density at radius 2 is 2.13 bits per heavy atom. The fourth-order valence-corrected chi connectivity index (χ4v) is 1.02. The van der Waals surface area contributed by atoms with Gasteiger partial charge >= 0.3 is 0 Å². The molecule has 0 aliphatic rings. The Hall–Kier alpha value is -1.65. The van der Waals surface area contributed by atoms with E-state index in [1.54, 1.807) is 26.2 Å². The number of rotatable bonds is 4. The minimum Gasteiger partial charge on any atom is -0.369 e. The van der Waals surface area contributed by atoms with E-state index >= 15 is 0 Å². The Morgan fingerprint density at radius 3 is 2.60 bits per heavy atom. The molecule has 0 radical (unpaired) electrons. The number of hydrogen-bond acceptors (Lipinski definition) is 4. The number of aromatic nitrogens is 2. The molecule has 15 heavy (non-hydrogen) atoms. The maximum Gasteiger partial charge on any atom is 0.273 e. The molecule has 0 bridgehead atoms. The van der Waals surface area contributed by atoms with Crippen molar-refractivity contribution >= 4 is 11.7 Å². The standard InChI is InChI=1S/C10H16N4O/c1-4-7-11-9-6-5-8(12-13-9)10(15)14(2)3/h5-6H,4,7H2,1-3H3,(H,11,13). The van der Waals surface area contributed by atoms with E-state index in [1.165, 1.54) is 4.90 Å². The summed E-state index contributed by atoms with van der Waals surface area (Å²) in [5.41, 5.74) is 0.363. The fraction of sp³-hybridized carbons (Fsp3) is 0.500. The summed E-state index contributed by atoms with van der Waals surface area (Å²) >= 11 is 0. The van der Waals surface area contributed by atoms with Gasteiger partial charge in [-0.05, 0) is 18.6 Å². The van der Waals surface area contributed by atoms with Crippen molar-refractivity contribution in [2.75, 3.05) is 26.0 Å². The molecule has 5 nitrogen and oxygen atoms in total. The second-order valence-corrected chi connectivity index (χ2v) is 3.43. The lowest BCUT2D eigenvalue weighted by Crippen LogP contribution is -2.23. The van der Waals surface area contributed by atoms with Gasteiger partial charge in [0.25, 0.3) is 5.91 Å². The predicted molar refractivity (Wildman–Crippen MR) is 58.8 cm³/mol. The van der Waals surface area contributed by atoms with Crippen molar-refractivity contribution in [2.45, 2.75) is 13.3 Å². The summed E-state index contributed by atoms with van der Waals surface area (Å²) in [6, 6.07) is 3.44. The molecule has 0 saturated heterocycles. The van der Waals surface area contributed by atoms with E-state index in [4.69, 9.17) is 0 Å². The van der Waals surface area contributed by atoms with Crippen LogP contribution in [0.5, 0.6) is 0 Å². The Balaban J connectivity index is 2.68. The summed E-state index contributed by atoms with van der Waals surface area (Å²) in [4.78, 5) is 12.9. The van der Waals surface area contributed by atoms with E-state index in [0.717, 1.165) is 13.0 Å². The average molecular weight is 208 g/mol. The first-order valence-corrected chi connectivity index (χ1v) is 4.94. The van der Waals surface area contributed by atoms with Crippen LogP contribution in [-0.4, -0.2) is 41.6 Å². The van der Waals surface area contributed by atoms with Crippen molar-refractivity contribution in [3.63, 3.8) is 0 Å². The van der Waals surface area contributed by atoms with Gasteiger partial charge in [0.15, 0.2) is 5.69 Å². The molecular weight excluding hydrogens is 192 g/mol. The third-order valence-electron chi connectivity index (χ3n) is 1.85. The van der Waals surface area contributed by atoms with Crippen molar-refractivity contribution in [2.24, 2.45) is 0 Å². The van der Waals surface area contributed by atoms with E-state index in [1.807, 2.05) is 0 Å². The van der Waals surface area contributed by atoms with Crippen molar-refractivity contribution in [1.82, 2.24) is 15.1 Å². The number of anilines is 1. The third kappa shape index (κ3) is 3.19. The Bertz CT molecular complexity index is 321. The summed E-state index contributed by atoms with van der Waals surface area (Å²) < 4.78 is 0. The number of carbonyl (C=O) groups excluding carboxylic acids is 1. The molecule has 0 atom stereocenters. The van der Waals surface area contributed by atoms with Gasteiger partial charge in [-0.15, -0.1) is 10.2 Å². The molecule has 1 N–H and O–H groups in total. The Morgan fingerprint density at radius 1 is 1.40 bits per heavy atom. The van der Waals surface area contributed by atoms with Crippen LogP contribution in [0.25, 0.3) is 0 Å². The maximum absolute atomic E-state index is 11.5. The molecule has 0 unspecified atom stereocenters. The highest BCUT2D eigenvalue weighted by Crippen LogP contribution is 2.03. The van der Waals surface area contributed by atoms with Crippen molar-refractivity contribution < 1.29 is 4.79 Å². The Labute approximate surface area is 89.5 Å². The van der Waals surface area contributed by atoms with E-state index < -0.39 is 0 Å². The lowest BCUT2D eigenvalue weighted by atomic mass is 10.3. The van der Waals surface area contributed by atoms with Crippen LogP contribution in [0.3, 0.4) is 0 Å². The summed E-state index contributed by atoms with van der Waals surface area (Å²) in [5.74, 6) is 0.566. The maximum atomic E-state index is 11.5. The molecule has 0 aliphatic carbocycles. The van der Waals surface area contributed by atoms with E-state index in [0.29, 0.717) is 11.5 Å². The molecule has 0 aromatic carbocycles. The average Bonchev–Trinajstić information content (AvgIpc) is 2.26. The smallest absolute Gasteiger partial charge is 0.273 e. The first kappa shape index (κ1) is 11.4. The Kier molecular flexibility index (Phi) is 4.03. The van der Waals surface area contributed by atoms with Crippen molar-refractivity contribution in [3.8, 4) is 0 Å². The van der Waals surface area contributed by atoms with Crippen LogP contribution in [0.2, 0.25) is 0 Å². The van der Waals surface area contributed by atoms with Crippen LogP contribution in [0.4, 0.5) is 5.82 Å². The lowest BCUT2D eigenvalue weighted by molar-refractivity contribution is 0.0821. The quantitative estimate of drug-likeness (QED) is 0.802. The van der Waals surface area contributed by atoms with E-state index in [2.05, 4.69) is 22.4 Å². The molecule has 1 heterocycles. The number of nitrogens with zero attached hydrogens (tertiary/aromatic N) is 3. The van der Waals surface area contributed by atoms with Gasteiger partial charge in [0.2, 0.25) is 0 Å². The zero-order chi connectivity index (χ0) is 11.3. The first-order chi connectivity index (χ1) is 7.15. The van der Waals surface area contributed by atoms with Gasteiger partial charge in [0, 0.05) is 20.6 Å². The van der Waals surface area contributed by atoms with Gasteiger partial charge in [0.1, 0.15) is 5.82 Å². The molecule has 0 fully saturated rings. The largest absolute Gasteiger partial charge is 0.369 e. The third-order valence-corrected chi connectivity index (χ3v) is 1.85. The van der Waals surface area contributed by atoms with Crippen molar-refractivity contribution in [1.29, 1.82) is 0 Å². The van der Waals surface area contributed by atoms with Gasteiger partial charge in [0.05, 0.1) is 0 Å². The molecule has 1 amide bonds. The van der Waals surface area contributed by atoms with Crippen LogP contribution in [0.1, 0.15) is 23.8 Å². The molecule has 1 rings (SSSR count). The van der Waals surface area contributed by atoms with Crippen molar-refractivity contribution in [3.05, 3.63) is 17.8 Å². The van der Waals surface area contributed by atoms with Crippen LogP contribution in [-0.2, 0) is 0 Å². The number of carbonyl (C=O) groups is 1. The monoisotopic (exact) mass is 208 g/mol. The first-order valence-electron chi connectivity index (χ1n) is 4.94. The molecule has 1 aromatic heterocycles. The zero-order valence-corrected chi connectivity index (χ0v) is 9.32. The normalized spacial score (nSPS) is 9.80. The predicted octanol–water partition coefficient (Wildman–Crippen LogP) is 1.00. The molecule has 82 valence electrons. The van der Waals surface area contributed by atoms with Gasteiger partial charge in [-0.25, -0.2) is 0 Å². The van der Waals surface area contributed by atoms with Gasteiger partial charge in [-0.3, -0.25) is 4.79 Å². The fourth-order valence-electron chi connectivity index (χ4n) is 1.02. The summed E-state index contributed by atoms with van der Waals surface area (Å²) in [6.07, 6.45) is 1.03. The summed E-state index contributed by atoms with van der Waals surface area (Å²) in [6.45, 7) is 2.93. The van der Waals surface area contributed by atoms with Crippen LogP contribution >= 0.6 is 0 Å². The van der Waals surface area contributed by atoms with E-state index in [-0.39, 0.29) is 5.91 Å². The van der Waals surface area contributed by atoms with Crippen LogP contribution in [0, 0.1) is 0 Å². The van der Waals surface area contributed by atoms with Crippen LogP contribution in [0.15, 0.2) is 12.1 Å². The molecular formula is C10H16N4O. The highest BCUT2D eigenvalue weighted by molar-refractivity contribution is 5.91. The number of hydrogen-bond donors (Lipinski definition) is 1. The number of nitrogens with one attached hydrogen (secondary N) is 1. The SMILES string of the molecule is CCCNc1ccc(C(=O)N(C)C)nn1. The molecule has 0 aliphatic heterocycles. The zero-order valence-electron chi connectivity index (χ0n) is 9.32. The second-order valence-electron chi connectivity index (χ2n) is 3.43. The van der Waals surface area contributed by atoms with Gasteiger partial charge in [-0.2, -0.15) is 0 Å². The van der Waals surface area contributed by atoms with Crippen LogP contribution < -0.4 is 5.32 Å². The lowest BCUT2D eigenvalue weighted by Gasteiger charge is -2.09. The molecule has 0 saturated carbocycles. The summed E-state index contributed by atoms with van der Waals surface area (Å²) in [5, 5.41) is 10.9. The molecule has 0 spiro atoms. The highest BCUT2D eigenvalue weighted by Gasteiger charge is 2.09. The van der Waals surface area contributed by atoms with E-state index in [9.17, 15) is 4.79 Å². The molecule has 5 heteroatoms. The summed E-state index contributed by atoms with van der Waals surface area (Å²) in [7, 11) is 3.38.